The van der Waals surface area contributed by atoms with Gasteiger partial charge in [0.15, 0.2) is 0 Å². The number of nitrogens with two attached hydrogens (primary N) is 1. The molecular weight excluding hydrogens is 334 g/mol. The lowest BCUT2D eigenvalue weighted by Gasteiger charge is -2.12. The molecule has 1 unspecified atom stereocenters. The first-order valence-corrected chi connectivity index (χ1v) is 8.50. The second kappa shape index (κ2) is 6.10. The predicted octanol–water partition coefficient (Wildman–Crippen LogP) is 4.26. The monoisotopic (exact) mass is 351 g/mol. The van der Waals surface area contributed by atoms with Gasteiger partial charge in [0.25, 0.3) is 0 Å². The summed E-state index contributed by atoms with van der Waals surface area (Å²) in [6.45, 7) is 6.21. The molecule has 0 saturated heterocycles. The van der Waals surface area contributed by atoms with Crippen molar-refractivity contribution in [1.29, 1.82) is 0 Å². The molecule has 1 atom stereocenters. The van der Waals surface area contributed by atoms with Gasteiger partial charge < -0.3 is 5.73 Å². The third kappa shape index (κ3) is 3.30. The molecule has 0 aliphatic rings. The van der Waals surface area contributed by atoms with Crippen molar-refractivity contribution in [3.63, 3.8) is 0 Å². The maximum atomic E-state index is 12.6. The summed E-state index contributed by atoms with van der Waals surface area (Å²) in [6, 6.07) is 9.75. The summed E-state index contributed by atoms with van der Waals surface area (Å²) in [7, 11) is -1.13. The Morgan fingerprint density at radius 2 is 1.70 bits per heavy atom. The Labute approximate surface area is 131 Å². The lowest BCUT2D eigenvalue weighted by atomic mass is 10.0. The van der Waals surface area contributed by atoms with E-state index in [1.807, 2.05) is 12.1 Å². The lowest BCUT2D eigenvalue weighted by Crippen LogP contribution is -2.04. The van der Waals surface area contributed by atoms with Crippen molar-refractivity contribution in [2.75, 3.05) is 5.73 Å². The Balaban J connectivity index is 2.33. The predicted molar refractivity (Wildman–Crippen MR) is 89.3 cm³/mol. The molecule has 2 aromatic rings. The van der Waals surface area contributed by atoms with Crippen LogP contribution in [0, 0.1) is 20.8 Å². The van der Waals surface area contributed by atoms with E-state index in [9.17, 15) is 4.21 Å². The largest absolute Gasteiger partial charge is 0.398 e. The fourth-order valence-electron chi connectivity index (χ4n) is 2.37. The van der Waals surface area contributed by atoms with Crippen LogP contribution < -0.4 is 5.73 Å². The third-order valence-corrected chi connectivity index (χ3v) is 5.24. The highest BCUT2D eigenvalue weighted by Crippen LogP contribution is 2.25. The molecule has 106 valence electrons. The SMILES string of the molecule is Cc1cc(C)c(CS(=O)c2ccc(Br)cc2N)c(C)c1. The van der Waals surface area contributed by atoms with Crippen LogP contribution in [0.1, 0.15) is 22.3 Å². The number of rotatable bonds is 3. The summed E-state index contributed by atoms with van der Waals surface area (Å²) < 4.78 is 13.5. The van der Waals surface area contributed by atoms with E-state index in [1.165, 1.54) is 16.7 Å². The smallest absolute Gasteiger partial charge is 0.0621 e. The molecule has 0 aliphatic carbocycles. The molecule has 20 heavy (non-hydrogen) atoms. The van der Waals surface area contributed by atoms with Crippen LogP contribution in [-0.2, 0) is 16.6 Å². The van der Waals surface area contributed by atoms with Gasteiger partial charge >= 0.3 is 0 Å². The molecule has 0 aromatic heterocycles. The first-order valence-electron chi connectivity index (χ1n) is 6.38. The van der Waals surface area contributed by atoms with Gasteiger partial charge in [-0.05, 0) is 55.7 Å². The zero-order valence-electron chi connectivity index (χ0n) is 11.9. The minimum absolute atomic E-state index is 0.504. The van der Waals surface area contributed by atoms with Crippen LogP contribution in [0.2, 0.25) is 0 Å². The molecule has 2 nitrogen and oxygen atoms in total. The van der Waals surface area contributed by atoms with Crippen LogP contribution in [0.4, 0.5) is 5.69 Å². The van der Waals surface area contributed by atoms with Gasteiger partial charge in [0.05, 0.1) is 21.4 Å². The molecule has 0 spiro atoms. The standard InChI is InChI=1S/C16H18BrNOS/c1-10-6-11(2)14(12(3)7-10)9-20(19)16-5-4-13(17)8-15(16)18/h4-8H,9,18H2,1-3H3. The van der Waals surface area contributed by atoms with Gasteiger partial charge in [0, 0.05) is 10.2 Å². The summed E-state index contributed by atoms with van der Waals surface area (Å²) in [5.74, 6) is 0.504. The average molecular weight is 352 g/mol. The Hall–Kier alpha value is -1.13. The van der Waals surface area contributed by atoms with E-state index in [0.29, 0.717) is 16.3 Å². The zero-order chi connectivity index (χ0) is 14.9. The van der Waals surface area contributed by atoms with Crippen LogP contribution >= 0.6 is 15.9 Å². The molecule has 4 heteroatoms. The minimum atomic E-state index is -1.13. The molecule has 0 radical (unpaired) electrons. The number of aryl methyl sites for hydroxylation is 3. The van der Waals surface area contributed by atoms with Crippen LogP contribution in [0.3, 0.4) is 0 Å². The fourth-order valence-corrected chi connectivity index (χ4v) is 4.17. The Morgan fingerprint density at radius 3 is 2.25 bits per heavy atom. The van der Waals surface area contributed by atoms with E-state index in [0.717, 1.165) is 10.0 Å². The highest BCUT2D eigenvalue weighted by Gasteiger charge is 2.12. The van der Waals surface area contributed by atoms with Crippen LogP contribution in [-0.4, -0.2) is 4.21 Å². The molecule has 2 aromatic carbocycles. The molecule has 0 bridgehead atoms. The minimum Gasteiger partial charge on any atom is -0.398 e. The normalized spacial score (nSPS) is 12.4. The molecule has 2 rings (SSSR count). The maximum absolute atomic E-state index is 12.6. The molecule has 2 N–H and O–H groups in total. The lowest BCUT2D eigenvalue weighted by molar-refractivity contribution is 0.682. The number of hydrogen-bond donors (Lipinski definition) is 1. The molecule has 0 heterocycles. The van der Waals surface area contributed by atoms with Crippen molar-refractivity contribution in [3.8, 4) is 0 Å². The van der Waals surface area contributed by atoms with Crippen molar-refractivity contribution in [2.24, 2.45) is 0 Å². The van der Waals surface area contributed by atoms with Gasteiger partial charge in [-0.15, -0.1) is 0 Å². The van der Waals surface area contributed by atoms with Crippen LogP contribution in [0.25, 0.3) is 0 Å². The van der Waals surface area contributed by atoms with Crippen molar-refractivity contribution in [2.45, 2.75) is 31.4 Å². The Morgan fingerprint density at radius 1 is 1.10 bits per heavy atom. The van der Waals surface area contributed by atoms with E-state index in [4.69, 9.17) is 5.73 Å². The van der Waals surface area contributed by atoms with Gasteiger partial charge in [-0.25, -0.2) is 0 Å². The van der Waals surface area contributed by atoms with Crippen LogP contribution in [0.5, 0.6) is 0 Å². The van der Waals surface area contributed by atoms with Gasteiger partial charge in [-0.1, -0.05) is 33.6 Å². The topological polar surface area (TPSA) is 43.1 Å². The van der Waals surface area contributed by atoms with E-state index >= 15 is 0 Å². The highest BCUT2D eigenvalue weighted by molar-refractivity contribution is 9.10. The molecule has 0 aliphatic heterocycles. The maximum Gasteiger partial charge on any atom is 0.0621 e. The van der Waals surface area contributed by atoms with Crippen molar-refractivity contribution in [3.05, 3.63) is 57.1 Å². The first-order chi connectivity index (χ1) is 9.38. The molecule has 0 fully saturated rings. The summed E-state index contributed by atoms with van der Waals surface area (Å²) in [5, 5.41) is 0. The third-order valence-electron chi connectivity index (χ3n) is 3.33. The van der Waals surface area contributed by atoms with E-state index in [1.54, 1.807) is 6.07 Å². The van der Waals surface area contributed by atoms with E-state index in [-0.39, 0.29) is 0 Å². The highest BCUT2D eigenvalue weighted by atomic mass is 79.9. The Kier molecular flexibility index (Phi) is 4.66. The van der Waals surface area contributed by atoms with E-state index in [2.05, 4.69) is 48.8 Å². The number of benzene rings is 2. The summed E-state index contributed by atoms with van der Waals surface area (Å²) >= 11 is 3.36. The second-order valence-corrected chi connectivity index (χ2v) is 7.38. The number of nitrogen functional groups attached to an aromatic ring is 1. The summed E-state index contributed by atoms with van der Waals surface area (Å²) in [4.78, 5) is 0.701. The first kappa shape index (κ1) is 15.3. The summed E-state index contributed by atoms with van der Waals surface area (Å²) in [6.07, 6.45) is 0. The van der Waals surface area contributed by atoms with Crippen molar-refractivity contribution < 1.29 is 4.21 Å². The number of halogens is 1. The van der Waals surface area contributed by atoms with Gasteiger partial charge in [0.1, 0.15) is 0 Å². The zero-order valence-corrected chi connectivity index (χ0v) is 14.3. The van der Waals surface area contributed by atoms with Crippen molar-refractivity contribution >= 4 is 32.4 Å². The van der Waals surface area contributed by atoms with Gasteiger partial charge in [-0.3, -0.25) is 4.21 Å². The quantitative estimate of drug-likeness (QED) is 0.839. The number of anilines is 1. The van der Waals surface area contributed by atoms with Crippen molar-refractivity contribution in [1.82, 2.24) is 0 Å². The van der Waals surface area contributed by atoms with Crippen LogP contribution in [0.15, 0.2) is 39.7 Å². The molecule has 0 saturated carbocycles. The fraction of sp³-hybridized carbons (Fsp3) is 0.250. The Bertz CT molecular complexity index is 659. The van der Waals surface area contributed by atoms with Gasteiger partial charge in [-0.2, -0.15) is 0 Å². The second-order valence-electron chi connectivity index (χ2n) is 5.05. The molecular formula is C16H18BrNOS. The van der Waals surface area contributed by atoms with Gasteiger partial charge in [0.2, 0.25) is 0 Å². The molecule has 0 amide bonds. The number of hydrogen-bond acceptors (Lipinski definition) is 2. The average Bonchev–Trinajstić information content (AvgIpc) is 2.33. The summed E-state index contributed by atoms with van der Waals surface area (Å²) in [5.41, 5.74) is 11.3. The van der Waals surface area contributed by atoms with E-state index < -0.39 is 10.8 Å².